The first-order chi connectivity index (χ1) is 5.13. The number of nitrogen functional groups attached to an aromatic ring is 1. The van der Waals surface area contributed by atoms with E-state index < -0.39 is 5.97 Å². The molecule has 4 heteroatoms. The SMILES string of the molecule is Nc1cccc(S)c1C(=O)O. The van der Waals surface area contributed by atoms with Gasteiger partial charge in [-0.2, -0.15) is 0 Å². The van der Waals surface area contributed by atoms with Crippen molar-refractivity contribution in [2.75, 3.05) is 5.73 Å². The fourth-order valence-electron chi connectivity index (χ4n) is 0.791. The highest BCUT2D eigenvalue weighted by Gasteiger charge is 2.09. The summed E-state index contributed by atoms with van der Waals surface area (Å²) in [5.74, 6) is -1.05. The fraction of sp³-hybridized carbons (Fsp3) is 0. The van der Waals surface area contributed by atoms with Crippen molar-refractivity contribution in [1.82, 2.24) is 0 Å². The summed E-state index contributed by atoms with van der Waals surface area (Å²) in [4.78, 5) is 10.9. The van der Waals surface area contributed by atoms with E-state index in [2.05, 4.69) is 12.6 Å². The van der Waals surface area contributed by atoms with E-state index in [9.17, 15) is 4.79 Å². The van der Waals surface area contributed by atoms with Crippen LogP contribution in [0.25, 0.3) is 0 Å². The summed E-state index contributed by atoms with van der Waals surface area (Å²) in [6.07, 6.45) is 0. The summed E-state index contributed by atoms with van der Waals surface area (Å²) < 4.78 is 0. The van der Waals surface area contributed by atoms with E-state index in [0.29, 0.717) is 4.90 Å². The van der Waals surface area contributed by atoms with Crippen molar-refractivity contribution in [2.45, 2.75) is 4.90 Å². The number of aromatic carboxylic acids is 1. The van der Waals surface area contributed by atoms with Gasteiger partial charge in [0, 0.05) is 10.6 Å². The fourth-order valence-corrected chi connectivity index (χ4v) is 1.10. The molecular weight excluding hydrogens is 162 g/mol. The van der Waals surface area contributed by atoms with Gasteiger partial charge in [-0.25, -0.2) is 4.79 Å². The summed E-state index contributed by atoms with van der Waals surface area (Å²) in [5.41, 5.74) is 5.70. The van der Waals surface area contributed by atoms with Crippen LogP contribution in [0.5, 0.6) is 0 Å². The van der Waals surface area contributed by atoms with E-state index in [1.54, 1.807) is 12.1 Å². The molecule has 3 N–H and O–H groups in total. The van der Waals surface area contributed by atoms with E-state index in [0.717, 1.165) is 0 Å². The molecule has 0 aliphatic carbocycles. The smallest absolute Gasteiger partial charge is 0.338 e. The van der Waals surface area contributed by atoms with Crippen LogP contribution in [0.2, 0.25) is 0 Å². The minimum atomic E-state index is -1.05. The van der Waals surface area contributed by atoms with Gasteiger partial charge >= 0.3 is 5.97 Å². The number of hydrogen-bond acceptors (Lipinski definition) is 3. The maximum absolute atomic E-state index is 10.5. The Kier molecular flexibility index (Phi) is 2.05. The molecule has 0 saturated carbocycles. The largest absolute Gasteiger partial charge is 0.478 e. The Morgan fingerprint density at radius 3 is 2.55 bits per heavy atom. The lowest BCUT2D eigenvalue weighted by Gasteiger charge is -2.01. The topological polar surface area (TPSA) is 63.3 Å². The Hall–Kier alpha value is -1.16. The monoisotopic (exact) mass is 169 g/mol. The second-order valence-corrected chi connectivity index (χ2v) is 2.53. The molecule has 0 spiro atoms. The molecule has 1 rings (SSSR count). The van der Waals surface area contributed by atoms with E-state index in [1.807, 2.05) is 0 Å². The molecule has 0 aliphatic heterocycles. The van der Waals surface area contributed by atoms with Gasteiger partial charge in [0.15, 0.2) is 0 Å². The third-order valence-corrected chi connectivity index (χ3v) is 1.66. The lowest BCUT2D eigenvalue weighted by atomic mass is 10.2. The van der Waals surface area contributed by atoms with Gasteiger partial charge in [0.05, 0.1) is 5.56 Å². The van der Waals surface area contributed by atoms with Gasteiger partial charge in [0.2, 0.25) is 0 Å². The molecule has 0 unspecified atom stereocenters. The van der Waals surface area contributed by atoms with Gasteiger partial charge in [-0.1, -0.05) is 6.07 Å². The minimum Gasteiger partial charge on any atom is -0.478 e. The Morgan fingerprint density at radius 2 is 2.18 bits per heavy atom. The highest BCUT2D eigenvalue weighted by Crippen LogP contribution is 2.19. The molecule has 0 radical (unpaired) electrons. The zero-order chi connectivity index (χ0) is 8.43. The quantitative estimate of drug-likeness (QED) is 0.438. The molecule has 0 aromatic heterocycles. The van der Waals surface area contributed by atoms with Crippen LogP contribution >= 0.6 is 12.6 Å². The number of hydrogen-bond donors (Lipinski definition) is 3. The van der Waals surface area contributed by atoms with Crippen LogP contribution in [0.1, 0.15) is 10.4 Å². The van der Waals surface area contributed by atoms with Crippen LogP contribution in [0, 0.1) is 0 Å². The predicted molar refractivity (Wildman–Crippen MR) is 45.1 cm³/mol. The number of nitrogens with two attached hydrogens (primary N) is 1. The number of carboxylic acid groups (broad SMARTS) is 1. The van der Waals surface area contributed by atoms with Gasteiger partial charge in [-0.05, 0) is 12.1 Å². The molecule has 0 aliphatic rings. The molecule has 1 aromatic carbocycles. The Labute approximate surface area is 69.2 Å². The molecule has 3 nitrogen and oxygen atoms in total. The van der Waals surface area contributed by atoms with Gasteiger partial charge in [0.25, 0.3) is 0 Å². The second kappa shape index (κ2) is 2.84. The summed E-state index contributed by atoms with van der Waals surface area (Å²) in [6, 6.07) is 4.77. The number of carbonyl (C=O) groups is 1. The van der Waals surface area contributed by atoms with Crippen molar-refractivity contribution in [3.63, 3.8) is 0 Å². The van der Waals surface area contributed by atoms with Crippen LogP contribution in [-0.4, -0.2) is 11.1 Å². The van der Waals surface area contributed by atoms with Gasteiger partial charge < -0.3 is 10.8 Å². The molecule has 0 fully saturated rings. The van der Waals surface area contributed by atoms with E-state index >= 15 is 0 Å². The van der Waals surface area contributed by atoms with E-state index in [1.165, 1.54) is 6.07 Å². The van der Waals surface area contributed by atoms with Crippen LogP contribution < -0.4 is 5.73 Å². The summed E-state index contributed by atoms with van der Waals surface area (Å²) in [7, 11) is 0. The maximum atomic E-state index is 10.5. The van der Waals surface area contributed by atoms with Crippen LogP contribution in [0.3, 0.4) is 0 Å². The lowest BCUT2D eigenvalue weighted by Crippen LogP contribution is -2.02. The zero-order valence-corrected chi connectivity index (χ0v) is 6.51. The molecule has 1 aromatic rings. The van der Waals surface area contributed by atoms with Gasteiger partial charge in [-0.15, -0.1) is 12.6 Å². The Bertz CT molecular complexity index is 278. The van der Waals surface area contributed by atoms with Crippen LogP contribution in [-0.2, 0) is 0 Å². The molecule has 58 valence electrons. The minimum absolute atomic E-state index is 0.0656. The highest BCUT2D eigenvalue weighted by atomic mass is 32.1. The first kappa shape index (κ1) is 7.94. The third kappa shape index (κ3) is 1.46. The number of benzene rings is 1. The summed E-state index contributed by atoms with van der Waals surface area (Å²) in [5, 5.41) is 8.62. The Balaban J connectivity index is 3.32. The van der Waals surface area contributed by atoms with Crippen molar-refractivity contribution in [1.29, 1.82) is 0 Å². The second-order valence-electron chi connectivity index (χ2n) is 2.05. The van der Waals surface area contributed by atoms with Crippen molar-refractivity contribution < 1.29 is 9.90 Å². The lowest BCUT2D eigenvalue weighted by molar-refractivity contribution is 0.0694. The predicted octanol–water partition coefficient (Wildman–Crippen LogP) is 1.26. The molecule has 0 bridgehead atoms. The number of anilines is 1. The molecular formula is C7H7NO2S. The van der Waals surface area contributed by atoms with Crippen molar-refractivity contribution in [2.24, 2.45) is 0 Å². The first-order valence-corrected chi connectivity index (χ1v) is 3.38. The average Bonchev–Trinajstić information content (AvgIpc) is 1.85. The van der Waals surface area contributed by atoms with E-state index in [4.69, 9.17) is 10.8 Å². The maximum Gasteiger partial charge on any atom is 0.338 e. The number of carboxylic acids is 1. The average molecular weight is 169 g/mol. The Morgan fingerprint density at radius 1 is 1.55 bits per heavy atom. The molecule has 0 saturated heterocycles. The molecule has 11 heavy (non-hydrogen) atoms. The van der Waals surface area contributed by atoms with Gasteiger partial charge in [-0.3, -0.25) is 0 Å². The van der Waals surface area contributed by atoms with Crippen molar-refractivity contribution in [3.05, 3.63) is 23.8 Å². The van der Waals surface area contributed by atoms with Crippen molar-refractivity contribution in [3.8, 4) is 0 Å². The molecule has 0 heterocycles. The standard InChI is InChI=1S/C7H7NO2S/c8-4-2-1-3-5(11)6(4)7(9)10/h1-3,11H,8H2,(H,9,10). The van der Waals surface area contributed by atoms with E-state index in [-0.39, 0.29) is 11.3 Å². The third-order valence-electron chi connectivity index (χ3n) is 1.29. The van der Waals surface area contributed by atoms with Gasteiger partial charge in [0.1, 0.15) is 0 Å². The molecule has 0 atom stereocenters. The van der Waals surface area contributed by atoms with Crippen LogP contribution in [0.4, 0.5) is 5.69 Å². The zero-order valence-electron chi connectivity index (χ0n) is 5.61. The first-order valence-electron chi connectivity index (χ1n) is 2.93. The number of thiol groups is 1. The normalized spacial score (nSPS) is 9.55. The van der Waals surface area contributed by atoms with Crippen molar-refractivity contribution >= 4 is 24.3 Å². The molecule has 0 amide bonds. The highest BCUT2D eigenvalue weighted by molar-refractivity contribution is 7.80. The number of rotatable bonds is 1. The summed E-state index contributed by atoms with van der Waals surface area (Å²) >= 11 is 3.95. The summed E-state index contributed by atoms with van der Waals surface area (Å²) in [6.45, 7) is 0. The van der Waals surface area contributed by atoms with Crippen LogP contribution in [0.15, 0.2) is 23.1 Å².